The molecule has 5 heteroatoms. The van der Waals surface area contributed by atoms with E-state index in [-0.39, 0.29) is 0 Å². The number of aromatic nitrogens is 4. The molecule has 3 N–H and O–H groups in total. The Morgan fingerprint density at radius 2 is 2.03 bits per heavy atom. The monoisotopic (exact) mass is 425 g/mol. The van der Waals surface area contributed by atoms with Gasteiger partial charge in [-0.05, 0) is 70.0 Å². The number of aryl methyl sites for hydroxylation is 1. The molecule has 164 valence electrons. The minimum absolute atomic E-state index is 0.510. The quantitative estimate of drug-likeness (QED) is 0.525. The normalized spacial score (nSPS) is 16.5. The van der Waals surface area contributed by atoms with Crippen LogP contribution in [0.1, 0.15) is 36.7 Å². The van der Waals surface area contributed by atoms with Crippen molar-refractivity contribution in [1.82, 2.24) is 25.5 Å². The molecule has 3 aromatic heterocycles. The van der Waals surface area contributed by atoms with Crippen LogP contribution in [0.15, 0.2) is 61.3 Å². The predicted octanol–water partition coefficient (Wildman–Crippen LogP) is 3.86. The standard InChI is InChI=1S/C27H31N5/c1-5-9-21(25-10-7-8-13-29-25)22-17-26(30-19(22)4)27-23(24(6-2)31-32-27)16-18(3)20-11-14-28-15-12-20/h5-10,13,16-17,20,28,30-31H,1,3,11-12,14-15H2,2,4H3/b21-9+,23-16+,24-6+. The number of nitrogens with zero attached hydrogens (tertiary/aromatic N) is 2. The van der Waals surface area contributed by atoms with E-state index in [9.17, 15) is 0 Å². The van der Waals surface area contributed by atoms with Crippen molar-refractivity contribution < 1.29 is 0 Å². The van der Waals surface area contributed by atoms with Crippen LogP contribution in [-0.4, -0.2) is 33.3 Å². The second-order valence-electron chi connectivity index (χ2n) is 8.18. The van der Waals surface area contributed by atoms with Crippen LogP contribution in [0, 0.1) is 12.8 Å². The van der Waals surface area contributed by atoms with Crippen molar-refractivity contribution in [2.24, 2.45) is 5.92 Å². The summed E-state index contributed by atoms with van der Waals surface area (Å²) in [6.07, 6.45) is 12.1. The summed E-state index contributed by atoms with van der Waals surface area (Å²) in [6.45, 7) is 14.5. The summed E-state index contributed by atoms with van der Waals surface area (Å²) >= 11 is 0. The maximum absolute atomic E-state index is 4.66. The molecule has 0 amide bonds. The van der Waals surface area contributed by atoms with Crippen molar-refractivity contribution >= 4 is 17.7 Å². The highest BCUT2D eigenvalue weighted by molar-refractivity contribution is 5.82. The van der Waals surface area contributed by atoms with Crippen LogP contribution in [0.2, 0.25) is 0 Å². The van der Waals surface area contributed by atoms with E-state index in [0.717, 1.165) is 70.4 Å². The van der Waals surface area contributed by atoms with Gasteiger partial charge in [0.25, 0.3) is 0 Å². The molecule has 0 radical (unpaired) electrons. The van der Waals surface area contributed by atoms with Gasteiger partial charge in [-0.3, -0.25) is 10.1 Å². The Morgan fingerprint density at radius 3 is 2.72 bits per heavy atom. The van der Waals surface area contributed by atoms with Gasteiger partial charge in [-0.25, -0.2) is 0 Å². The summed E-state index contributed by atoms with van der Waals surface area (Å²) < 4.78 is 0. The van der Waals surface area contributed by atoms with Crippen LogP contribution in [0.3, 0.4) is 0 Å². The molecule has 0 bridgehead atoms. The summed E-state index contributed by atoms with van der Waals surface area (Å²) in [7, 11) is 0. The largest absolute Gasteiger partial charge is 0.357 e. The Morgan fingerprint density at radius 1 is 1.22 bits per heavy atom. The van der Waals surface area contributed by atoms with Crippen LogP contribution in [0.4, 0.5) is 0 Å². The van der Waals surface area contributed by atoms with Gasteiger partial charge in [-0.1, -0.05) is 43.0 Å². The minimum atomic E-state index is 0.510. The molecular formula is C27H31N5. The second kappa shape index (κ2) is 9.79. The lowest BCUT2D eigenvalue weighted by molar-refractivity contribution is 0.428. The van der Waals surface area contributed by atoms with Gasteiger partial charge < -0.3 is 10.3 Å². The van der Waals surface area contributed by atoms with Gasteiger partial charge in [0.15, 0.2) is 0 Å². The number of rotatable bonds is 6. The van der Waals surface area contributed by atoms with Crippen molar-refractivity contribution in [1.29, 1.82) is 0 Å². The number of hydrogen-bond donors (Lipinski definition) is 3. The zero-order valence-corrected chi connectivity index (χ0v) is 18.9. The third-order valence-corrected chi connectivity index (χ3v) is 6.10. The Kier molecular flexibility index (Phi) is 6.66. The summed E-state index contributed by atoms with van der Waals surface area (Å²) in [5, 5.41) is 13.4. The predicted molar refractivity (Wildman–Crippen MR) is 133 cm³/mol. The minimum Gasteiger partial charge on any atom is -0.357 e. The van der Waals surface area contributed by atoms with Crippen LogP contribution in [0.5, 0.6) is 0 Å². The van der Waals surface area contributed by atoms with E-state index in [1.165, 1.54) is 5.57 Å². The van der Waals surface area contributed by atoms with Crippen molar-refractivity contribution in [3.8, 4) is 11.4 Å². The topological polar surface area (TPSA) is 69.4 Å². The van der Waals surface area contributed by atoms with E-state index in [1.54, 1.807) is 6.08 Å². The van der Waals surface area contributed by atoms with Crippen LogP contribution < -0.4 is 15.9 Å². The van der Waals surface area contributed by atoms with Gasteiger partial charge in [-0.2, -0.15) is 5.10 Å². The van der Waals surface area contributed by atoms with Crippen LogP contribution in [0.25, 0.3) is 29.1 Å². The van der Waals surface area contributed by atoms with Crippen molar-refractivity contribution in [3.05, 3.63) is 88.9 Å². The maximum Gasteiger partial charge on any atom is 0.116 e. The molecule has 0 aliphatic carbocycles. The molecule has 1 aliphatic rings. The third-order valence-electron chi connectivity index (χ3n) is 6.10. The summed E-state index contributed by atoms with van der Waals surface area (Å²) in [4.78, 5) is 8.08. The zero-order chi connectivity index (χ0) is 22.5. The van der Waals surface area contributed by atoms with Gasteiger partial charge >= 0.3 is 0 Å². The van der Waals surface area contributed by atoms with E-state index < -0.39 is 0 Å². The summed E-state index contributed by atoms with van der Waals surface area (Å²) in [6, 6.07) is 8.09. The highest BCUT2D eigenvalue weighted by Gasteiger charge is 2.17. The highest BCUT2D eigenvalue weighted by atomic mass is 15.1. The number of aromatic amines is 2. The lowest BCUT2D eigenvalue weighted by atomic mass is 9.90. The number of hydrogen-bond acceptors (Lipinski definition) is 3. The van der Waals surface area contributed by atoms with Crippen LogP contribution >= 0.6 is 0 Å². The number of piperidine rings is 1. The van der Waals surface area contributed by atoms with E-state index in [0.29, 0.717) is 5.92 Å². The molecule has 1 fully saturated rings. The fourth-order valence-electron chi connectivity index (χ4n) is 4.35. The van der Waals surface area contributed by atoms with E-state index >= 15 is 0 Å². The molecule has 0 saturated carbocycles. The van der Waals surface area contributed by atoms with E-state index in [4.69, 9.17) is 0 Å². The molecule has 4 rings (SSSR count). The van der Waals surface area contributed by atoms with Crippen molar-refractivity contribution in [2.75, 3.05) is 13.1 Å². The Bertz CT molecular complexity index is 1250. The van der Waals surface area contributed by atoms with Gasteiger partial charge in [0.1, 0.15) is 5.69 Å². The summed E-state index contributed by atoms with van der Waals surface area (Å²) in [5.74, 6) is 0.510. The first kappa shape index (κ1) is 21.8. The fourth-order valence-corrected chi connectivity index (χ4v) is 4.35. The Hall–Kier alpha value is -3.44. The van der Waals surface area contributed by atoms with Crippen LogP contribution in [-0.2, 0) is 0 Å². The van der Waals surface area contributed by atoms with Gasteiger partial charge in [0.05, 0.1) is 16.7 Å². The van der Waals surface area contributed by atoms with Crippen molar-refractivity contribution in [2.45, 2.75) is 26.7 Å². The van der Waals surface area contributed by atoms with Gasteiger partial charge in [0, 0.05) is 28.2 Å². The number of pyridine rings is 1. The lowest BCUT2D eigenvalue weighted by Gasteiger charge is -2.22. The van der Waals surface area contributed by atoms with Gasteiger partial charge in [-0.15, -0.1) is 0 Å². The molecule has 1 saturated heterocycles. The molecule has 5 nitrogen and oxygen atoms in total. The second-order valence-corrected chi connectivity index (χ2v) is 8.18. The molecule has 0 unspecified atom stereocenters. The first-order valence-corrected chi connectivity index (χ1v) is 11.2. The molecule has 4 heterocycles. The van der Waals surface area contributed by atoms with Gasteiger partial charge in [0.2, 0.25) is 0 Å². The SMILES string of the molecule is C=C/C=C(/c1ccccn1)c1cc(-c2n[nH]c(=C/C)/c2=C\C(=C)C2CCNCC2)[nH]c1C. The lowest BCUT2D eigenvalue weighted by Crippen LogP contribution is -2.29. The number of allylic oxidation sites excluding steroid dienone is 3. The average Bonchev–Trinajstić information content (AvgIpc) is 3.41. The maximum atomic E-state index is 4.66. The molecular weight excluding hydrogens is 394 g/mol. The zero-order valence-electron chi connectivity index (χ0n) is 18.9. The third kappa shape index (κ3) is 4.43. The molecule has 0 spiro atoms. The number of nitrogens with one attached hydrogen (secondary N) is 3. The fraction of sp³-hybridized carbons (Fsp3) is 0.259. The van der Waals surface area contributed by atoms with E-state index in [1.807, 2.05) is 37.4 Å². The van der Waals surface area contributed by atoms with Crippen molar-refractivity contribution in [3.63, 3.8) is 0 Å². The molecule has 0 aromatic carbocycles. The Labute approximate surface area is 189 Å². The smallest absolute Gasteiger partial charge is 0.116 e. The number of H-pyrrole nitrogens is 2. The summed E-state index contributed by atoms with van der Waals surface area (Å²) in [5.41, 5.74) is 7.14. The average molecular weight is 426 g/mol. The van der Waals surface area contributed by atoms with E-state index in [2.05, 4.69) is 63.8 Å². The Balaban J connectivity index is 1.78. The first-order valence-electron chi connectivity index (χ1n) is 11.2. The molecule has 32 heavy (non-hydrogen) atoms. The first-order chi connectivity index (χ1) is 15.6. The molecule has 1 aliphatic heterocycles. The molecule has 3 aromatic rings. The molecule has 0 atom stereocenters. The highest BCUT2D eigenvalue weighted by Crippen LogP contribution is 2.28.